The van der Waals surface area contributed by atoms with Gasteiger partial charge >= 0.3 is 0 Å². The van der Waals surface area contributed by atoms with Gasteiger partial charge in [0.1, 0.15) is 0 Å². The maximum Gasteiger partial charge on any atom is 0.0205 e. The summed E-state index contributed by atoms with van der Waals surface area (Å²) in [6.07, 6.45) is 0. The van der Waals surface area contributed by atoms with Gasteiger partial charge < -0.3 is 5.32 Å². The van der Waals surface area contributed by atoms with Crippen molar-refractivity contribution in [3.8, 4) is 0 Å². The van der Waals surface area contributed by atoms with Crippen molar-refractivity contribution in [2.45, 2.75) is 30.2 Å². The van der Waals surface area contributed by atoms with Crippen LogP contribution in [0.3, 0.4) is 0 Å². The van der Waals surface area contributed by atoms with Crippen LogP contribution in [0.25, 0.3) is 0 Å². The molecule has 94 valence electrons. The number of hydrogen-bond donors (Lipinski definition) is 1. The molecular weight excluding hydrogens is 238 g/mol. The SMILES string of the molecule is CCNCc1ccc(Sc2ccccc2C)cc1. The zero-order valence-electron chi connectivity index (χ0n) is 10.9. The van der Waals surface area contributed by atoms with E-state index in [4.69, 9.17) is 0 Å². The maximum atomic E-state index is 3.34. The zero-order valence-corrected chi connectivity index (χ0v) is 11.8. The van der Waals surface area contributed by atoms with E-state index in [2.05, 4.69) is 67.7 Å². The van der Waals surface area contributed by atoms with Crippen LogP contribution in [0.4, 0.5) is 0 Å². The Morgan fingerprint density at radius 3 is 2.39 bits per heavy atom. The van der Waals surface area contributed by atoms with Crippen molar-refractivity contribution in [2.75, 3.05) is 6.54 Å². The number of hydrogen-bond acceptors (Lipinski definition) is 2. The summed E-state index contributed by atoms with van der Waals surface area (Å²) in [6.45, 7) is 6.25. The molecule has 2 aromatic carbocycles. The molecule has 0 amide bonds. The first-order chi connectivity index (χ1) is 8.79. The van der Waals surface area contributed by atoms with Crippen LogP contribution < -0.4 is 5.32 Å². The van der Waals surface area contributed by atoms with E-state index >= 15 is 0 Å². The van der Waals surface area contributed by atoms with Crippen LogP contribution in [0.15, 0.2) is 58.3 Å². The van der Waals surface area contributed by atoms with E-state index in [0.717, 1.165) is 13.1 Å². The van der Waals surface area contributed by atoms with Crippen molar-refractivity contribution in [3.05, 3.63) is 59.7 Å². The molecule has 0 unspecified atom stereocenters. The highest BCUT2D eigenvalue weighted by molar-refractivity contribution is 7.99. The third-order valence-corrected chi connectivity index (χ3v) is 4.01. The van der Waals surface area contributed by atoms with Crippen LogP contribution in [0.1, 0.15) is 18.1 Å². The molecule has 0 bridgehead atoms. The first-order valence-electron chi connectivity index (χ1n) is 6.32. The summed E-state index contributed by atoms with van der Waals surface area (Å²) in [7, 11) is 0. The topological polar surface area (TPSA) is 12.0 Å². The molecule has 0 saturated carbocycles. The summed E-state index contributed by atoms with van der Waals surface area (Å²) < 4.78 is 0. The Kier molecular flexibility index (Phi) is 4.85. The van der Waals surface area contributed by atoms with Gasteiger partial charge in [-0.15, -0.1) is 0 Å². The molecule has 0 saturated heterocycles. The summed E-state index contributed by atoms with van der Waals surface area (Å²) in [5.41, 5.74) is 2.67. The highest BCUT2D eigenvalue weighted by Gasteiger charge is 2.00. The van der Waals surface area contributed by atoms with Crippen LogP contribution in [-0.4, -0.2) is 6.54 Å². The first-order valence-corrected chi connectivity index (χ1v) is 7.14. The average molecular weight is 257 g/mol. The smallest absolute Gasteiger partial charge is 0.0205 e. The van der Waals surface area contributed by atoms with Crippen molar-refractivity contribution < 1.29 is 0 Å². The van der Waals surface area contributed by atoms with Gasteiger partial charge in [-0.3, -0.25) is 0 Å². The Morgan fingerprint density at radius 2 is 1.72 bits per heavy atom. The maximum absolute atomic E-state index is 3.34. The van der Waals surface area contributed by atoms with Crippen LogP contribution in [-0.2, 0) is 6.54 Å². The van der Waals surface area contributed by atoms with Crippen molar-refractivity contribution >= 4 is 11.8 Å². The molecule has 0 aliphatic rings. The van der Waals surface area contributed by atoms with E-state index in [9.17, 15) is 0 Å². The van der Waals surface area contributed by atoms with Crippen molar-refractivity contribution in [3.63, 3.8) is 0 Å². The lowest BCUT2D eigenvalue weighted by molar-refractivity contribution is 0.726. The molecule has 1 nitrogen and oxygen atoms in total. The van der Waals surface area contributed by atoms with E-state index in [1.165, 1.54) is 20.9 Å². The summed E-state index contributed by atoms with van der Waals surface area (Å²) in [4.78, 5) is 2.63. The van der Waals surface area contributed by atoms with Gasteiger partial charge in [-0.1, -0.05) is 49.0 Å². The van der Waals surface area contributed by atoms with E-state index < -0.39 is 0 Å². The lowest BCUT2D eigenvalue weighted by Gasteiger charge is -2.06. The fourth-order valence-corrected chi connectivity index (χ4v) is 2.64. The predicted octanol–water partition coefficient (Wildman–Crippen LogP) is 4.26. The molecule has 2 rings (SSSR count). The van der Waals surface area contributed by atoms with Gasteiger partial charge in [0.25, 0.3) is 0 Å². The Hall–Kier alpha value is -1.25. The van der Waals surface area contributed by atoms with Gasteiger partial charge in [-0.2, -0.15) is 0 Å². The minimum atomic E-state index is 0.950. The average Bonchev–Trinajstić information content (AvgIpc) is 2.41. The van der Waals surface area contributed by atoms with Gasteiger partial charge in [-0.05, 0) is 42.8 Å². The predicted molar refractivity (Wildman–Crippen MR) is 79.1 cm³/mol. The molecule has 18 heavy (non-hydrogen) atoms. The molecule has 0 fully saturated rings. The minimum Gasteiger partial charge on any atom is -0.313 e. The van der Waals surface area contributed by atoms with E-state index in [-0.39, 0.29) is 0 Å². The van der Waals surface area contributed by atoms with Crippen molar-refractivity contribution in [1.29, 1.82) is 0 Å². The summed E-state index contributed by atoms with van der Waals surface area (Å²) in [5.74, 6) is 0. The highest BCUT2D eigenvalue weighted by atomic mass is 32.2. The minimum absolute atomic E-state index is 0.950. The Bertz CT molecular complexity index is 491. The molecule has 2 heteroatoms. The molecule has 0 heterocycles. The summed E-state index contributed by atoms with van der Waals surface area (Å²) in [6, 6.07) is 17.3. The fourth-order valence-electron chi connectivity index (χ4n) is 1.74. The lowest BCUT2D eigenvalue weighted by atomic mass is 10.2. The van der Waals surface area contributed by atoms with Gasteiger partial charge in [0, 0.05) is 16.3 Å². The van der Waals surface area contributed by atoms with Gasteiger partial charge in [0.15, 0.2) is 0 Å². The molecule has 0 aromatic heterocycles. The standard InChI is InChI=1S/C16H19NS/c1-3-17-12-14-8-10-15(11-9-14)18-16-7-5-4-6-13(16)2/h4-11,17H,3,12H2,1-2H3. The summed E-state index contributed by atoms with van der Waals surface area (Å²) >= 11 is 1.83. The first kappa shape index (κ1) is 13.2. The Morgan fingerprint density at radius 1 is 1.00 bits per heavy atom. The van der Waals surface area contributed by atoms with Crippen LogP contribution in [0.2, 0.25) is 0 Å². The second-order valence-electron chi connectivity index (χ2n) is 4.29. The fraction of sp³-hybridized carbons (Fsp3) is 0.250. The van der Waals surface area contributed by atoms with Gasteiger partial charge in [0.2, 0.25) is 0 Å². The van der Waals surface area contributed by atoms with Crippen molar-refractivity contribution in [1.82, 2.24) is 5.32 Å². The molecule has 0 atom stereocenters. The molecule has 1 N–H and O–H groups in total. The Labute approximate surface area is 114 Å². The molecule has 0 radical (unpaired) electrons. The normalized spacial score (nSPS) is 10.6. The Balaban J connectivity index is 2.04. The summed E-state index contributed by atoms with van der Waals surface area (Å²) in [5, 5.41) is 3.34. The van der Waals surface area contributed by atoms with Gasteiger partial charge in [-0.25, -0.2) is 0 Å². The van der Waals surface area contributed by atoms with Crippen LogP contribution in [0.5, 0.6) is 0 Å². The molecule has 2 aromatic rings. The van der Waals surface area contributed by atoms with Gasteiger partial charge in [0.05, 0.1) is 0 Å². The largest absolute Gasteiger partial charge is 0.313 e. The highest BCUT2D eigenvalue weighted by Crippen LogP contribution is 2.29. The quantitative estimate of drug-likeness (QED) is 0.859. The second kappa shape index (κ2) is 6.62. The number of benzene rings is 2. The monoisotopic (exact) mass is 257 g/mol. The van der Waals surface area contributed by atoms with Crippen molar-refractivity contribution in [2.24, 2.45) is 0 Å². The van der Waals surface area contributed by atoms with E-state index in [1.54, 1.807) is 0 Å². The lowest BCUT2D eigenvalue weighted by Crippen LogP contribution is -2.11. The molecule has 0 aliphatic carbocycles. The molecule has 0 aliphatic heterocycles. The third-order valence-electron chi connectivity index (χ3n) is 2.82. The third kappa shape index (κ3) is 3.62. The van der Waals surface area contributed by atoms with Crippen LogP contribution in [0, 0.1) is 6.92 Å². The molecular formula is C16H19NS. The number of aryl methyl sites for hydroxylation is 1. The van der Waals surface area contributed by atoms with E-state index in [1.807, 2.05) is 11.8 Å². The van der Waals surface area contributed by atoms with E-state index in [0.29, 0.717) is 0 Å². The number of rotatable bonds is 5. The zero-order chi connectivity index (χ0) is 12.8. The van der Waals surface area contributed by atoms with Crippen LogP contribution >= 0.6 is 11.8 Å². The molecule has 0 spiro atoms. The number of nitrogens with one attached hydrogen (secondary N) is 1. The second-order valence-corrected chi connectivity index (χ2v) is 5.41.